The predicted molar refractivity (Wildman–Crippen MR) is 76.1 cm³/mol. The van der Waals surface area contributed by atoms with E-state index in [4.69, 9.17) is 4.74 Å². The van der Waals surface area contributed by atoms with Crippen molar-refractivity contribution in [3.8, 4) is 0 Å². The summed E-state index contributed by atoms with van der Waals surface area (Å²) in [5.41, 5.74) is 0. The third-order valence-corrected chi connectivity index (χ3v) is 4.20. The van der Waals surface area contributed by atoms with Crippen LogP contribution in [0.4, 0.5) is 0 Å². The molecule has 2 atom stereocenters. The van der Waals surface area contributed by atoms with Crippen molar-refractivity contribution < 1.29 is 14.3 Å². The molecule has 114 valence electrons. The van der Waals surface area contributed by atoms with Gasteiger partial charge in [-0.15, -0.1) is 0 Å². The lowest BCUT2D eigenvalue weighted by molar-refractivity contribution is -0.135. The van der Waals surface area contributed by atoms with E-state index in [2.05, 4.69) is 13.8 Å². The lowest BCUT2D eigenvalue weighted by atomic mass is 10.1. The summed E-state index contributed by atoms with van der Waals surface area (Å²) in [6.07, 6.45) is 2.52. The second kappa shape index (κ2) is 6.57. The van der Waals surface area contributed by atoms with Crippen LogP contribution in [0.3, 0.4) is 0 Å². The lowest BCUT2D eigenvalue weighted by Crippen LogP contribution is -2.36. The molecule has 0 spiro atoms. The van der Waals surface area contributed by atoms with Crippen molar-refractivity contribution in [2.45, 2.75) is 39.2 Å². The molecular formula is C15H26N2O3. The van der Waals surface area contributed by atoms with Crippen molar-refractivity contribution in [2.75, 3.05) is 33.3 Å². The highest BCUT2D eigenvalue weighted by molar-refractivity contribution is 5.89. The maximum atomic E-state index is 12.4. The van der Waals surface area contributed by atoms with Gasteiger partial charge in [0.2, 0.25) is 11.8 Å². The molecule has 2 fully saturated rings. The summed E-state index contributed by atoms with van der Waals surface area (Å²) < 4.78 is 5.83. The van der Waals surface area contributed by atoms with E-state index in [-0.39, 0.29) is 23.8 Å². The zero-order chi connectivity index (χ0) is 14.7. The summed E-state index contributed by atoms with van der Waals surface area (Å²) in [6.45, 7) is 7.15. The van der Waals surface area contributed by atoms with Gasteiger partial charge < -0.3 is 14.5 Å². The third-order valence-electron chi connectivity index (χ3n) is 4.20. The summed E-state index contributed by atoms with van der Waals surface area (Å²) in [7, 11) is 1.76. The molecular weight excluding hydrogens is 256 g/mol. The number of likely N-dealkylation sites (tertiary alicyclic amines) is 2. The molecule has 20 heavy (non-hydrogen) atoms. The Morgan fingerprint density at radius 3 is 2.75 bits per heavy atom. The fraction of sp³-hybridized carbons (Fsp3) is 0.867. The molecule has 0 aromatic heterocycles. The van der Waals surface area contributed by atoms with Gasteiger partial charge >= 0.3 is 0 Å². The van der Waals surface area contributed by atoms with E-state index in [9.17, 15) is 9.59 Å². The van der Waals surface area contributed by atoms with Gasteiger partial charge in [0.25, 0.3) is 0 Å². The topological polar surface area (TPSA) is 49.9 Å². The van der Waals surface area contributed by atoms with E-state index in [1.54, 1.807) is 11.9 Å². The van der Waals surface area contributed by atoms with Crippen LogP contribution in [0.1, 0.15) is 33.1 Å². The number of carbonyl (C=O) groups excluding carboxylic acids is 2. The predicted octanol–water partition coefficient (Wildman–Crippen LogP) is 1.13. The van der Waals surface area contributed by atoms with E-state index in [1.165, 1.54) is 0 Å². The molecule has 2 heterocycles. The highest BCUT2D eigenvalue weighted by Gasteiger charge is 2.37. The Hall–Kier alpha value is -1.10. The molecule has 0 saturated carbocycles. The minimum Gasteiger partial charge on any atom is -0.376 e. The largest absolute Gasteiger partial charge is 0.376 e. The first-order valence-corrected chi connectivity index (χ1v) is 7.61. The maximum absolute atomic E-state index is 12.4. The quantitative estimate of drug-likeness (QED) is 0.759. The molecule has 2 aliphatic heterocycles. The van der Waals surface area contributed by atoms with Crippen LogP contribution in [0.5, 0.6) is 0 Å². The van der Waals surface area contributed by atoms with Gasteiger partial charge in [-0.3, -0.25) is 9.59 Å². The average molecular weight is 282 g/mol. The molecule has 2 rings (SSSR count). The lowest BCUT2D eigenvalue weighted by Gasteiger charge is -2.20. The maximum Gasteiger partial charge on any atom is 0.228 e. The molecule has 2 saturated heterocycles. The summed E-state index contributed by atoms with van der Waals surface area (Å²) >= 11 is 0. The van der Waals surface area contributed by atoms with Crippen LogP contribution in [0, 0.1) is 11.8 Å². The van der Waals surface area contributed by atoms with Crippen molar-refractivity contribution in [2.24, 2.45) is 11.8 Å². The molecule has 2 aliphatic rings. The number of ether oxygens (including phenoxy) is 1. The van der Waals surface area contributed by atoms with Gasteiger partial charge in [-0.1, -0.05) is 13.8 Å². The molecule has 0 radical (unpaired) electrons. The van der Waals surface area contributed by atoms with Gasteiger partial charge in [-0.05, 0) is 18.8 Å². The van der Waals surface area contributed by atoms with E-state index in [1.807, 2.05) is 4.90 Å². The van der Waals surface area contributed by atoms with Gasteiger partial charge in [-0.2, -0.15) is 0 Å². The Morgan fingerprint density at radius 1 is 1.40 bits per heavy atom. The zero-order valence-electron chi connectivity index (χ0n) is 12.8. The molecule has 5 heteroatoms. The van der Waals surface area contributed by atoms with E-state index in [0.717, 1.165) is 26.0 Å². The van der Waals surface area contributed by atoms with E-state index in [0.29, 0.717) is 25.4 Å². The Bertz CT molecular complexity index is 370. The van der Waals surface area contributed by atoms with Gasteiger partial charge in [0.05, 0.1) is 12.0 Å². The fourth-order valence-corrected chi connectivity index (χ4v) is 2.82. The summed E-state index contributed by atoms with van der Waals surface area (Å²) in [5, 5.41) is 0. The van der Waals surface area contributed by atoms with Crippen LogP contribution < -0.4 is 0 Å². The normalized spacial score (nSPS) is 26.9. The van der Waals surface area contributed by atoms with Crippen LogP contribution in [0.25, 0.3) is 0 Å². The summed E-state index contributed by atoms with van der Waals surface area (Å²) in [4.78, 5) is 27.4. The van der Waals surface area contributed by atoms with Gasteiger partial charge in [0.15, 0.2) is 0 Å². The van der Waals surface area contributed by atoms with Crippen LogP contribution >= 0.6 is 0 Å². The highest BCUT2D eigenvalue weighted by Crippen LogP contribution is 2.22. The number of amides is 2. The van der Waals surface area contributed by atoms with Crippen molar-refractivity contribution >= 4 is 11.8 Å². The number of hydrogen-bond acceptors (Lipinski definition) is 3. The van der Waals surface area contributed by atoms with Gasteiger partial charge in [-0.25, -0.2) is 0 Å². The SMILES string of the molecule is CC(C)CCO[C@H]1CCN(C(=O)[C@H]2CC(=O)N(C)C2)C1. The molecule has 0 unspecified atom stereocenters. The van der Waals surface area contributed by atoms with E-state index < -0.39 is 0 Å². The number of carbonyl (C=O) groups is 2. The average Bonchev–Trinajstić information content (AvgIpc) is 2.96. The van der Waals surface area contributed by atoms with Crippen LogP contribution in [0.15, 0.2) is 0 Å². The van der Waals surface area contributed by atoms with Crippen molar-refractivity contribution in [3.63, 3.8) is 0 Å². The smallest absolute Gasteiger partial charge is 0.228 e. The minimum absolute atomic E-state index is 0.0762. The number of rotatable bonds is 5. The molecule has 2 amide bonds. The highest BCUT2D eigenvalue weighted by atomic mass is 16.5. The van der Waals surface area contributed by atoms with Gasteiger partial charge in [0.1, 0.15) is 0 Å². The number of nitrogens with zero attached hydrogens (tertiary/aromatic N) is 2. The Kier molecular flexibility index (Phi) is 5.02. The monoisotopic (exact) mass is 282 g/mol. The second-order valence-corrected chi connectivity index (χ2v) is 6.42. The molecule has 5 nitrogen and oxygen atoms in total. The zero-order valence-corrected chi connectivity index (χ0v) is 12.8. The van der Waals surface area contributed by atoms with Crippen LogP contribution in [-0.2, 0) is 14.3 Å². The fourth-order valence-electron chi connectivity index (χ4n) is 2.82. The molecule has 0 aliphatic carbocycles. The molecule has 0 bridgehead atoms. The van der Waals surface area contributed by atoms with Crippen molar-refractivity contribution in [1.82, 2.24) is 9.80 Å². The second-order valence-electron chi connectivity index (χ2n) is 6.42. The first-order valence-electron chi connectivity index (χ1n) is 7.61. The van der Waals surface area contributed by atoms with Crippen molar-refractivity contribution in [3.05, 3.63) is 0 Å². The third kappa shape index (κ3) is 3.72. The molecule has 0 aromatic carbocycles. The Morgan fingerprint density at radius 2 is 2.15 bits per heavy atom. The van der Waals surface area contributed by atoms with Crippen LogP contribution in [0.2, 0.25) is 0 Å². The van der Waals surface area contributed by atoms with Gasteiger partial charge in [0, 0.05) is 39.7 Å². The summed E-state index contributed by atoms with van der Waals surface area (Å²) in [6, 6.07) is 0. The van der Waals surface area contributed by atoms with Crippen molar-refractivity contribution in [1.29, 1.82) is 0 Å². The van der Waals surface area contributed by atoms with Crippen LogP contribution in [-0.4, -0.2) is 61.0 Å². The first-order chi connectivity index (χ1) is 9.47. The molecule has 0 N–H and O–H groups in total. The first kappa shape index (κ1) is 15.3. The summed E-state index contributed by atoms with van der Waals surface area (Å²) in [5.74, 6) is 0.695. The minimum atomic E-state index is -0.151. The molecule has 0 aromatic rings. The Balaban J connectivity index is 1.75. The standard InChI is InChI=1S/C15H26N2O3/c1-11(2)5-7-20-13-4-6-17(10-13)15(19)12-8-14(18)16(3)9-12/h11-13H,4-10H2,1-3H3/t12-,13-/m0/s1. The van der Waals surface area contributed by atoms with E-state index >= 15 is 0 Å². The Labute approximate surface area is 121 Å². The number of hydrogen-bond donors (Lipinski definition) is 0.